The van der Waals surface area contributed by atoms with Crippen LogP contribution < -0.4 is 16.0 Å². The average Bonchev–Trinajstić information content (AvgIpc) is 3.32. The van der Waals surface area contributed by atoms with Crippen molar-refractivity contribution in [3.05, 3.63) is 42.6 Å². The Kier molecular flexibility index (Phi) is 6.25. The van der Waals surface area contributed by atoms with Gasteiger partial charge in [0.1, 0.15) is 18.0 Å². The van der Waals surface area contributed by atoms with Gasteiger partial charge in [-0.25, -0.2) is 15.0 Å². The van der Waals surface area contributed by atoms with Gasteiger partial charge in [-0.05, 0) is 25.5 Å². The number of aliphatic imine (C=N–C) groups is 1. The van der Waals surface area contributed by atoms with E-state index in [0.717, 1.165) is 53.7 Å². The third-order valence-corrected chi connectivity index (χ3v) is 5.16. The van der Waals surface area contributed by atoms with Gasteiger partial charge >= 0.3 is 0 Å². The highest BCUT2D eigenvalue weighted by atomic mass is 15.3. The molecule has 0 spiro atoms. The van der Waals surface area contributed by atoms with Gasteiger partial charge in [0.05, 0.1) is 22.6 Å². The third kappa shape index (κ3) is 4.57. The minimum atomic E-state index is 0.696. The minimum absolute atomic E-state index is 0.696. The Morgan fingerprint density at radius 1 is 1.10 bits per heavy atom. The van der Waals surface area contributed by atoms with Crippen LogP contribution in [0.25, 0.3) is 22.1 Å². The van der Waals surface area contributed by atoms with Crippen molar-refractivity contribution < 1.29 is 0 Å². The number of fused-ring (bicyclic) bond motifs is 2. The molecule has 3 aromatic heterocycles. The lowest BCUT2D eigenvalue weighted by molar-refractivity contribution is 0.624. The van der Waals surface area contributed by atoms with Gasteiger partial charge in [0.2, 0.25) is 0 Å². The van der Waals surface area contributed by atoms with Gasteiger partial charge in [0, 0.05) is 40.3 Å². The lowest BCUT2D eigenvalue weighted by atomic mass is 10.3. The molecule has 3 N–H and O–H groups in total. The van der Waals surface area contributed by atoms with Crippen molar-refractivity contribution in [1.82, 2.24) is 39.9 Å². The van der Waals surface area contributed by atoms with Gasteiger partial charge in [-0.2, -0.15) is 5.10 Å². The zero-order valence-corrected chi connectivity index (χ0v) is 18.1. The number of hydrogen-bond acceptors (Lipinski definition) is 6. The van der Waals surface area contributed by atoms with Crippen molar-refractivity contribution in [2.24, 2.45) is 12.0 Å². The van der Waals surface area contributed by atoms with E-state index in [1.165, 1.54) is 5.52 Å². The van der Waals surface area contributed by atoms with E-state index in [0.29, 0.717) is 13.1 Å². The fraction of sp³-hybridized carbons (Fsp3) is 0.381. The fourth-order valence-corrected chi connectivity index (χ4v) is 3.61. The largest absolute Gasteiger partial charge is 0.368 e. The maximum absolute atomic E-state index is 4.62. The van der Waals surface area contributed by atoms with Crippen LogP contribution in [0.5, 0.6) is 0 Å². The standard InChI is InChI=1S/C21H28N10/c1-15-29-17-7-4-5-8-18(17)31(15)12-6-9-24-21(22-2)25-11-10-23-19-16-13-28-30(3)20(16)27-14-26-19/h4-5,7-8,13-14H,6,9-12H2,1-3H3,(H2,22,24,25)(H,23,26,27). The number of imidazole rings is 1. The minimum Gasteiger partial charge on any atom is -0.368 e. The Labute approximate surface area is 180 Å². The van der Waals surface area contributed by atoms with Crippen LogP contribution in [0.3, 0.4) is 0 Å². The number of nitrogens with zero attached hydrogens (tertiary/aromatic N) is 7. The molecule has 0 bridgehead atoms. The van der Waals surface area contributed by atoms with Crippen LogP contribution in [-0.2, 0) is 13.6 Å². The quantitative estimate of drug-likeness (QED) is 0.226. The van der Waals surface area contributed by atoms with Gasteiger partial charge in [-0.1, -0.05) is 12.1 Å². The van der Waals surface area contributed by atoms with Crippen LogP contribution in [0.4, 0.5) is 5.82 Å². The molecule has 162 valence electrons. The van der Waals surface area contributed by atoms with Gasteiger partial charge in [-0.15, -0.1) is 0 Å². The number of benzene rings is 1. The van der Waals surface area contributed by atoms with Crippen LogP contribution in [-0.4, -0.2) is 61.9 Å². The SMILES string of the molecule is CN=C(NCCCn1c(C)nc2ccccc21)NCCNc1ncnc2c1cnn2C. The Morgan fingerprint density at radius 3 is 2.81 bits per heavy atom. The molecule has 0 unspecified atom stereocenters. The predicted octanol–water partition coefficient (Wildman–Crippen LogP) is 1.69. The summed E-state index contributed by atoms with van der Waals surface area (Å²) < 4.78 is 4.00. The first kappa shape index (κ1) is 20.6. The normalized spacial score (nSPS) is 11.9. The van der Waals surface area contributed by atoms with Gasteiger partial charge in [-0.3, -0.25) is 9.67 Å². The van der Waals surface area contributed by atoms with E-state index in [-0.39, 0.29) is 0 Å². The van der Waals surface area contributed by atoms with E-state index < -0.39 is 0 Å². The molecular weight excluding hydrogens is 392 g/mol. The first-order valence-corrected chi connectivity index (χ1v) is 10.4. The van der Waals surface area contributed by atoms with E-state index >= 15 is 0 Å². The topological polar surface area (TPSA) is 110 Å². The highest BCUT2D eigenvalue weighted by molar-refractivity contribution is 5.86. The molecule has 0 saturated carbocycles. The maximum atomic E-state index is 4.62. The molecule has 4 aromatic rings. The van der Waals surface area contributed by atoms with Crippen LogP contribution in [0.2, 0.25) is 0 Å². The molecule has 0 aliphatic rings. The maximum Gasteiger partial charge on any atom is 0.191 e. The molecule has 0 fully saturated rings. The molecule has 31 heavy (non-hydrogen) atoms. The smallest absolute Gasteiger partial charge is 0.191 e. The van der Waals surface area contributed by atoms with E-state index in [2.05, 4.69) is 70.7 Å². The van der Waals surface area contributed by atoms with Crippen molar-refractivity contribution in [1.29, 1.82) is 0 Å². The second-order valence-corrected chi connectivity index (χ2v) is 7.23. The molecule has 0 aliphatic heterocycles. The molecule has 10 heteroatoms. The van der Waals surface area contributed by atoms with E-state index in [1.54, 1.807) is 24.3 Å². The second kappa shape index (κ2) is 9.41. The zero-order valence-electron chi connectivity index (χ0n) is 18.1. The zero-order chi connectivity index (χ0) is 21.6. The van der Waals surface area contributed by atoms with Crippen LogP contribution in [0, 0.1) is 6.92 Å². The molecular formula is C21H28N10. The molecule has 0 amide bonds. The predicted molar refractivity (Wildman–Crippen MR) is 123 cm³/mol. The average molecular weight is 421 g/mol. The molecule has 10 nitrogen and oxygen atoms in total. The van der Waals surface area contributed by atoms with Crippen molar-refractivity contribution in [3.63, 3.8) is 0 Å². The van der Waals surface area contributed by atoms with Gasteiger partial charge in [0.15, 0.2) is 11.6 Å². The van der Waals surface area contributed by atoms with Gasteiger partial charge < -0.3 is 20.5 Å². The van der Waals surface area contributed by atoms with Crippen molar-refractivity contribution >= 4 is 33.8 Å². The highest BCUT2D eigenvalue weighted by Gasteiger charge is 2.08. The van der Waals surface area contributed by atoms with Crippen LogP contribution in [0.15, 0.2) is 41.8 Å². The second-order valence-electron chi connectivity index (χ2n) is 7.23. The summed E-state index contributed by atoms with van der Waals surface area (Å²) in [6, 6.07) is 8.25. The summed E-state index contributed by atoms with van der Waals surface area (Å²) in [4.78, 5) is 17.5. The number of para-hydroxylation sites is 2. The van der Waals surface area contributed by atoms with E-state index in [4.69, 9.17) is 0 Å². The summed E-state index contributed by atoms with van der Waals surface area (Å²) in [6.07, 6.45) is 4.29. The monoisotopic (exact) mass is 420 g/mol. The molecule has 0 aliphatic carbocycles. The summed E-state index contributed by atoms with van der Waals surface area (Å²) in [5.41, 5.74) is 3.04. The van der Waals surface area contributed by atoms with Crippen LogP contribution in [0.1, 0.15) is 12.2 Å². The Balaban J connectivity index is 1.21. The number of aromatic nitrogens is 6. The number of anilines is 1. The Bertz CT molecular complexity index is 1190. The number of nitrogens with one attached hydrogen (secondary N) is 3. The molecule has 3 heterocycles. The third-order valence-electron chi connectivity index (χ3n) is 5.16. The summed E-state index contributed by atoms with van der Waals surface area (Å²) in [6.45, 7) is 5.18. The number of guanidine groups is 1. The van der Waals surface area contributed by atoms with Crippen molar-refractivity contribution in [2.75, 3.05) is 32.0 Å². The highest BCUT2D eigenvalue weighted by Crippen LogP contribution is 2.17. The first-order chi connectivity index (χ1) is 15.2. The molecule has 0 saturated heterocycles. The van der Waals surface area contributed by atoms with Crippen LogP contribution >= 0.6 is 0 Å². The van der Waals surface area contributed by atoms with Gasteiger partial charge in [0.25, 0.3) is 0 Å². The van der Waals surface area contributed by atoms with Crippen molar-refractivity contribution in [2.45, 2.75) is 19.9 Å². The summed E-state index contributed by atoms with van der Waals surface area (Å²) in [7, 11) is 3.65. The number of hydrogen-bond donors (Lipinski definition) is 3. The lowest BCUT2D eigenvalue weighted by Crippen LogP contribution is -2.40. The summed E-state index contributed by atoms with van der Waals surface area (Å²) >= 11 is 0. The molecule has 0 radical (unpaired) electrons. The van der Waals surface area contributed by atoms with E-state index in [1.807, 2.05) is 13.1 Å². The lowest BCUT2D eigenvalue weighted by Gasteiger charge is -2.13. The number of aryl methyl sites for hydroxylation is 3. The van der Waals surface area contributed by atoms with Crippen molar-refractivity contribution in [3.8, 4) is 0 Å². The summed E-state index contributed by atoms with van der Waals surface area (Å²) in [5.74, 6) is 2.61. The fourth-order valence-electron chi connectivity index (χ4n) is 3.61. The van der Waals surface area contributed by atoms with E-state index in [9.17, 15) is 0 Å². The molecule has 1 aromatic carbocycles. The first-order valence-electron chi connectivity index (χ1n) is 10.4. The number of rotatable bonds is 8. The molecule has 0 atom stereocenters. The Hall–Kier alpha value is -3.69. The summed E-state index contributed by atoms with van der Waals surface area (Å²) in [5, 5.41) is 15.2. The Morgan fingerprint density at radius 2 is 1.94 bits per heavy atom. The molecule has 4 rings (SSSR count).